The van der Waals surface area contributed by atoms with Gasteiger partial charge in [-0.3, -0.25) is 0 Å². The monoisotopic (exact) mass is 259 g/mol. The van der Waals surface area contributed by atoms with E-state index >= 15 is 0 Å². The highest BCUT2D eigenvalue weighted by atomic mass is 19.1. The van der Waals surface area contributed by atoms with Crippen molar-refractivity contribution in [1.29, 1.82) is 0 Å². The summed E-state index contributed by atoms with van der Waals surface area (Å²) >= 11 is 0. The summed E-state index contributed by atoms with van der Waals surface area (Å²) in [5.41, 5.74) is 3.11. The van der Waals surface area contributed by atoms with Crippen LogP contribution in [0.2, 0.25) is 0 Å². The van der Waals surface area contributed by atoms with Crippen LogP contribution in [0.15, 0.2) is 42.5 Å². The van der Waals surface area contributed by atoms with Crippen molar-refractivity contribution >= 4 is 11.4 Å². The summed E-state index contributed by atoms with van der Waals surface area (Å²) in [5.74, 6) is -0.382. The third kappa shape index (κ3) is 2.61. The number of hydrogen-bond acceptors (Lipinski definition) is 2. The number of nitrogens with zero attached hydrogens (tertiary/aromatic N) is 1. The Hall–Kier alpha value is -1.87. The number of hydrogen-bond donors (Lipinski definition) is 1. The first-order valence-electron chi connectivity index (χ1n) is 6.28. The molecular weight excluding hydrogens is 241 g/mol. The van der Waals surface area contributed by atoms with E-state index < -0.39 is 6.10 Å². The summed E-state index contributed by atoms with van der Waals surface area (Å²) < 4.78 is 13.9. The van der Waals surface area contributed by atoms with E-state index in [1.54, 1.807) is 13.0 Å². The van der Waals surface area contributed by atoms with Crippen molar-refractivity contribution in [3.05, 3.63) is 59.4 Å². The van der Waals surface area contributed by atoms with Gasteiger partial charge in [-0.05, 0) is 37.6 Å². The maximum Gasteiger partial charge on any atom is 0.131 e. The second-order valence-corrected chi connectivity index (χ2v) is 4.69. The molecule has 0 radical (unpaired) electrons. The van der Waals surface area contributed by atoms with Crippen molar-refractivity contribution < 1.29 is 9.50 Å². The van der Waals surface area contributed by atoms with Crippen LogP contribution in [0.25, 0.3) is 0 Å². The van der Waals surface area contributed by atoms with Gasteiger partial charge in [0.15, 0.2) is 0 Å². The largest absolute Gasteiger partial charge is 0.389 e. The zero-order chi connectivity index (χ0) is 14.0. The summed E-state index contributed by atoms with van der Waals surface area (Å²) in [5, 5.41) is 9.78. The van der Waals surface area contributed by atoms with Gasteiger partial charge in [-0.2, -0.15) is 0 Å². The molecule has 0 heterocycles. The quantitative estimate of drug-likeness (QED) is 0.902. The van der Waals surface area contributed by atoms with E-state index in [4.69, 9.17) is 0 Å². The minimum absolute atomic E-state index is 0.327. The van der Waals surface area contributed by atoms with Crippen LogP contribution in [-0.2, 0) is 0 Å². The fourth-order valence-corrected chi connectivity index (χ4v) is 2.30. The lowest BCUT2D eigenvalue weighted by Crippen LogP contribution is -2.15. The fourth-order valence-electron chi connectivity index (χ4n) is 2.30. The standard InChI is InChI=1S/C16H18FNO/c1-11-7-4-5-9-14(11)18(3)15-10-6-8-13(17)16(15)12(2)19/h4-10,12,19H,1-3H3/t12-/m0/s1. The van der Waals surface area contributed by atoms with E-state index in [1.807, 2.05) is 49.2 Å². The Bertz CT molecular complexity index is 581. The van der Waals surface area contributed by atoms with Crippen molar-refractivity contribution in [2.75, 3.05) is 11.9 Å². The molecule has 2 rings (SSSR count). The van der Waals surface area contributed by atoms with Crippen molar-refractivity contribution in [2.24, 2.45) is 0 Å². The van der Waals surface area contributed by atoms with E-state index in [-0.39, 0.29) is 5.82 Å². The van der Waals surface area contributed by atoms with E-state index in [1.165, 1.54) is 6.07 Å². The molecule has 2 aromatic rings. The van der Waals surface area contributed by atoms with Crippen LogP contribution in [0.1, 0.15) is 24.2 Å². The van der Waals surface area contributed by atoms with Gasteiger partial charge in [0.1, 0.15) is 5.82 Å². The van der Waals surface area contributed by atoms with Crippen LogP contribution in [0, 0.1) is 12.7 Å². The van der Waals surface area contributed by atoms with Crippen LogP contribution in [0.5, 0.6) is 0 Å². The van der Waals surface area contributed by atoms with Gasteiger partial charge in [-0.25, -0.2) is 4.39 Å². The van der Waals surface area contributed by atoms with Gasteiger partial charge >= 0.3 is 0 Å². The molecule has 19 heavy (non-hydrogen) atoms. The summed E-state index contributed by atoms with van der Waals surface area (Å²) in [6.07, 6.45) is -0.845. The first-order valence-corrected chi connectivity index (χ1v) is 6.28. The van der Waals surface area contributed by atoms with Gasteiger partial charge in [0.25, 0.3) is 0 Å². The Labute approximate surface area is 113 Å². The zero-order valence-electron chi connectivity index (χ0n) is 11.4. The highest BCUT2D eigenvalue weighted by molar-refractivity contribution is 5.68. The highest BCUT2D eigenvalue weighted by Gasteiger charge is 2.17. The number of aliphatic hydroxyl groups excluding tert-OH is 1. The summed E-state index contributed by atoms with van der Waals surface area (Å²) in [7, 11) is 1.88. The molecule has 2 nitrogen and oxygen atoms in total. The molecule has 0 aliphatic heterocycles. The molecular formula is C16H18FNO. The Morgan fingerprint density at radius 3 is 2.32 bits per heavy atom. The molecule has 2 aromatic carbocycles. The van der Waals surface area contributed by atoms with Crippen LogP contribution in [0.4, 0.5) is 15.8 Å². The molecule has 1 N–H and O–H groups in total. The molecule has 100 valence electrons. The molecule has 0 aliphatic carbocycles. The maximum atomic E-state index is 13.9. The molecule has 1 atom stereocenters. The molecule has 0 amide bonds. The number of para-hydroxylation sites is 1. The Morgan fingerprint density at radius 1 is 1.05 bits per heavy atom. The van der Waals surface area contributed by atoms with Crippen molar-refractivity contribution in [3.8, 4) is 0 Å². The van der Waals surface area contributed by atoms with Gasteiger partial charge in [0, 0.05) is 24.0 Å². The number of aliphatic hydroxyl groups is 1. The van der Waals surface area contributed by atoms with Gasteiger partial charge in [0.2, 0.25) is 0 Å². The lowest BCUT2D eigenvalue weighted by molar-refractivity contribution is 0.194. The zero-order valence-corrected chi connectivity index (χ0v) is 11.4. The number of anilines is 2. The molecule has 0 unspecified atom stereocenters. The fraction of sp³-hybridized carbons (Fsp3) is 0.250. The summed E-state index contributed by atoms with van der Waals surface area (Å²) in [4.78, 5) is 1.90. The highest BCUT2D eigenvalue weighted by Crippen LogP contribution is 2.33. The molecule has 0 saturated carbocycles. The molecule has 0 aromatic heterocycles. The molecule has 0 aliphatic rings. The van der Waals surface area contributed by atoms with E-state index in [0.717, 1.165) is 11.3 Å². The third-order valence-corrected chi connectivity index (χ3v) is 3.29. The number of rotatable bonds is 3. The first kappa shape index (κ1) is 13.6. The van der Waals surface area contributed by atoms with Gasteiger partial charge < -0.3 is 10.0 Å². The molecule has 0 fully saturated rings. The third-order valence-electron chi connectivity index (χ3n) is 3.29. The van der Waals surface area contributed by atoms with Crippen LogP contribution < -0.4 is 4.90 Å². The smallest absolute Gasteiger partial charge is 0.131 e. The normalized spacial score (nSPS) is 12.3. The van der Waals surface area contributed by atoms with Crippen molar-refractivity contribution in [2.45, 2.75) is 20.0 Å². The second-order valence-electron chi connectivity index (χ2n) is 4.69. The van der Waals surface area contributed by atoms with Gasteiger partial charge in [0.05, 0.1) is 6.10 Å². The number of aryl methyl sites for hydroxylation is 1. The lowest BCUT2D eigenvalue weighted by Gasteiger charge is -2.25. The first-order chi connectivity index (χ1) is 9.02. The SMILES string of the molecule is Cc1ccccc1N(C)c1cccc(F)c1[C@H](C)O. The number of benzene rings is 2. The Balaban J connectivity index is 2.54. The summed E-state index contributed by atoms with van der Waals surface area (Å²) in [6.45, 7) is 3.58. The molecule has 3 heteroatoms. The minimum atomic E-state index is -0.845. The Morgan fingerprint density at radius 2 is 1.68 bits per heavy atom. The average molecular weight is 259 g/mol. The van der Waals surface area contributed by atoms with E-state index in [0.29, 0.717) is 11.3 Å². The predicted molar refractivity (Wildman–Crippen MR) is 76.3 cm³/mol. The van der Waals surface area contributed by atoms with Crippen LogP contribution in [-0.4, -0.2) is 12.2 Å². The van der Waals surface area contributed by atoms with E-state index in [2.05, 4.69) is 0 Å². The van der Waals surface area contributed by atoms with Gasteiger partial charge in [-0.15, -0.1) is 0 Å². The van der Waals surface area contributed by atoms with Crippen LogP contribution >= 0.6 is 0 Å². The van der Waals surface area contributed by atoms with Crippen LogP contribution in [0.3, 0.4) is 0 Å². The summed E-state index contributed by atoms with van der Waals surface area (Å²) in [6, 6.07) is 12.7. The Kier molecular flexibility index (Phi) is 3.86. The molecule has 0 saturated heterocycles. The lowest BCUT2D eigenvalue weighted by atomic mass is 10.1. The molecule has 0 bridgehead atoms. The van der Waals surface area contributed by atoms with Crippen molar-refractivity contribution in [1.82, 2.24) is 0 Å². The predicted octanol–water partition coefficient (Wildman–Crippen LogP) is 3.96. The van der Waals surface area contributed by atoms with Gasteiger partial charge in [-0.1, -0.05) is 24.3 Å². The second kappa shape index (κ2) is 5.41. The molecule has 0 spiro atoms. The van der Waals surface area contributed by atoms with E-state index in [9.17, 15) is 9.50 Å². The number of halogens is 1. The topological polar surface area (TPSA) is 23.5 Å². The minimum Gasteiger partial charge on any atom is -0.389 e. The van der Waals surface area contributed by atoms with Crippen molar-refractivity contribution in [3.63, 3.8) is 0 Å². The maximum absolute atomic E-state index is 13.9. The average Bonchev–Trinajstić information content (AvgIpc) is 2.37.